The van der Waals surface area contributed by atoms with E-state index in [1.165, 1.54) is 6.92 Å². The van der Waals surface area contributed by atoms with Crippen molar-refractivity contribution in [1.29, 1.82) is 0 Å². The number of amides is 1. The van der Waals surface area contributed by atoms with E-state index in [1.807, 2.05) is 4.98 Å². The number of ketones is 1. The molecular weight excluding hydrogens is 422 g/mol. The fraction of sp³-hybridized carbons (Fsp3) is 0.400. The summed E-state index contributed by atoms with van der Waals surface area (Å²) >= 11 is 0.843. The monoisotopic (exact) mass is 447 g/mol. The highest BCUT2D eigenvalue weighted by molar-refractivity contribution is 8.00. The minimum atomic E-state index is -0.745. The van der Waals surface area contributed by atoms with Crippen molar-refractivity contribution in [2.75, 3.05) is 6.61 Å². The number of aromatic amines is 2. The van der Waals surface area contributed by atoms with Gasteiger partial charge in [0.2, 0.25) is 5.78 Å². The molecular formula is C20H25N5O5S. The number of hydrazone groups is 1. The number of nitrogens with one attached hydrogen (secondary N) is 3. The number of thioether (sulfide) groups is 1. The number of ether oxygens (including phenoxy) is 1. The highest BCUT2D eigenvalue weighted by atomic mass is 32.2. The van der Waals surface area contributed by atoms with Gasteiger partial charge in [0.25, 0.3) is 11.5 Å². The molecule has 0 aliphatic rings. The Bertz CT molecular complexity index is 1030. The van der Waals surface area contributed by atoms with Crippen LogP contribution < -0.4 is 21.4 Å². The number of carbonyl (C=O) groups is 2. The number of unbranched alkanes of at least 4 members (excludes halogenated alkanes) is 3. The zero-order valence-electron chi connectivity index (χ0n) is 17.3. The topological polar surface area (TPSA) is 146 Å². The Hall–Kier alpha value is -3.21. The van der Waals surface area contributed by atoms with Crippen LogP contribution in [0.25, 0.3) is 0 Å². The molecule has 2 rings (SSSR count). The van der Waals surface area contributed by atoms with Gasteiger partial charge in [-0.3, -0.25) is 19.4 Å². The molecule has 0 radical (unpaired) electrons. The molecule has 1 atom stereocenters. The Morgan fingerprint density at radius 1 is 1.26 bits per heavy atom. The molecule has 1 aromatic heterocycles. The lowest BCUT2D eigenvalue weighted by Crippen LogP contribution is -2.30. The maximum atomic E-state index is 12.4. The van der Waals surface area contributed by atoms with Gasteiger partial charge in [-0.05, 0) is 25.5 Å². The van der Waals surface area contributed by atoms with Crippen molar-refractivity contribution in [2.24, 2.45) is 5.10 Å². The SMILES string of the molecule is CCCCCCOc1ccccc1C(=O)/C=N/NC(=O)C(C)Sc1n[nH]c(=O)[nH]c1=O. The number of carbonyl (C=O) groups excluding carboxylic acids is 2. The molecule has 10 nitrogen and oxygen atoms in total. The lowest BCUT2D eigenvalue weighted by Gasteiger charge is -2.09. The summed E-state index contributed by atoms with van der Waals surface area (Å²) in [5, 5.41) is 8.58. The molecule has 31 heavy (non-hydrogen) atoms. The van der Waals surface area contributed by atoms with Crippen LogP contribution >= 0.6 is 11.8 Å². The molecule has 1 heterocycles. The number of nitrogens with zero attached hydrogens (tertiary/aromatic N) is 2. The number of rotatable bonds is 12. The van der Waals surface area contributed by atoms with Crippen LogP contribution in [-0.4, -0.2) is 44.9 Å². The van der Waals surface area contributed by atoms with Crippen molar-refractivity contribution in [3.8, 4) is 5.75 Å². The van der Waals surface area contributed by atoms with Crippen LogP contribution in [0, 0.1) is 0 Å². The summed E-state index contributed by atoms with van der Waals surface area (Å²) < 4.78 is 5.72. The molecule has 1 unspecified atom stereocenters. The number of para-hydroxylation sites is 1. The van der Waals surface area contributed by atoms with Crippen molar-refractivity contribution in [2.45, 2.75) is 49.8 Å². The largest absolute Gasteiger partial charge is 0.493 e. The van der Waals surface area contributed by atoms with Crippen molar-refractivity contribution >= 4 is 29.7 Å². The maximum absolute atomic E-state index is 12.4. The van der Waals surface area contributed by atoms with Gasteiger partial charge < -0.3 is 4.74 Å². The van der Waals surface area contributed by atoms with Crippen LogP contribution in [0.15, 0.2) is 44.0 Å². The number of benzene rings is 1. The van der Waals surface area contributed by atoms with Crippen molar-refractivity contribution in [3.63, 3.8) is 0 Å². The minimum Gasteiger partial charge on any atom is -0.493 e. The molecule has 0 saturated heterocycles. The zero-order valence-corrected chi connectivity index (χ0v) is 18.2. The number of hydrogen-bond donors (Lipinski definition) is 3. The molecule has 0 aliphatic carbocycles. The molecule has 0 aliphatic heterocycles. The number of aromatic nitrogens is 3. The van der Waals surface area contributed by atoms with Gasteiger partial charge in [-0.1, -0.05) is 50.1 Å². The van der Waals surface area contributed by atoms with E-state index in [4.69, 9.17) is 4.74 Å². The second-order valence-electron chi connectivity index (χ2n) is 6.58. The van der Waals surface area contributed by atoms with Crippen LogP contribution in [0.1, 0.15) is 49.9 Å². The molecule has 0 fully saturated rings. The predicted molar refractivity (Wildman–Crippen MR) is 118 cm³/mol. The Labute approximate surface area is 182 Å². The van der Waals surface area contributed by atoms with E-state index in [9.17, 15) is 19.2 Å². The third kappa shape index (κ3) is 7.85. The summed E-state index contributed by atoms with van der Waals surface area (Å²) in [6, 6.07) is 6.84. The second-order valence-corrected chi connectivity index (χ2v) is 7.91. The summed E-state index contributed by atoms with van der Waals surface area (Å²) in [7, 11) is 0. The predicted octanol–water partition coefficient (Wildman–Crippen LogP) is 1.88. The van der Waals surface area contributed by atoms with Gasteiger partial charge in [0.1, 0.15) is 5.75 Å². The normalized spacial score (nSPS) is 11.9. The third-order valence-corrected chi connectivity index (χ3v) is 5.17. The lowest BCUT2D eigenvalue weighted by atomic mass is 10.1. The van der Waals surface area contributed by atoms with Gasteiger partial charge in [-0.15, -0.1) is 0 Å². The maximum Gasteiger partial charge on any atom is 0.342 e. The fourth-order valence-electron chi connectivity index (χ4n) is 2.46. The van der Waals surface area contributed by atoms with Gasteiger partial charge >= 0.3 is 5.69 Å². The van der Waals surface area contributed by atoms with E-state index >= 15 is 0 Å². The first-order chi connectivity index (χ1) is 14.9. The first kappa shape index (κ1) is 24.1. The summed E-state index contributed by atoms with van der Waals surface area (Å²) in [4.78, 5) is 49.2. The summed E-state index contributed by atoms with van der Waals surface area (Å²) in [5.74, 6) is -0.487. The van der Waals surface area contributed by atoms with Crippen molar-refractivity contribution in [1.82, 2.24) is 20.6 Å². The van der Waals surface area contributed by atoms with Crippen LogP contribution in [-0.2, 0) is 4.79 Å². The first-order valence-corrected chi connectivity index (χ1v) is 10.7. The standard InChI is InChI=1S/C20H25N5O5S/c1-3-4-5-8-11-30-16-10-7-6-9-14(16)15(26)12-21-23-17(27)13(2)31-19-18(28)22-20(29)25-24-19/h6-7,9-10,12-13H,3-5,8,11H2,1-2H3,(H,23,27)(H2,22,25,28,29)/b21-12+. The van der Waals surface area contributed by atoms with Crippen molar-refractivity contribution < 1.29 is 14.3 Å². The van der Waals surface area contributed by atoms with Gasteiger partial charge in [-0.2, -0.15) is 10.2 Å². The zero-order chi connectivity index (χ0) is 22.6. The van der Waals surface area contributed by atoms with Crippen LogP contribution in [0.2, 0.25) is 0 Å². The average molecular weight is 448 g/mol. The number of Topliss-reactive ketones (excluding diaryl/α,β-unsaturated/α-hetero) is 1. The van der Waals surface area contributed by atoms with Crippen LogP contribution in [0.5, 0.6) is 5.75 Å². The molecule has 2 aromatic rings. The molecule has 0 saturated carbocycles. The van der Waals surface area contributed by atoms with E-state index in [0.717, 1.165) is 43.7 Å². The number of H-pyrrole nitrogens is 2. The van der Waals surface area contributed by atoms with E-state index in [1.54, 1.807) is 24.3 Å². The van der Waals surface area contributed by atoms with Crippen LogP contribution in [0.4, 0.5) is 0 Å². The average Bonchev–Trinajstić information content (AvgIpc) is 2.75. The summed E-state index contributed by atoms with van der Waals surface area (Å²) in [5.41, 5.74) is 1.17. The Morgan fingerprint density at radius 3 is 2.77 bits per heavy atom. The Balaban J connectivity index is 1.90. The fourth-order valence-corrected chi connectivity index (χ4v) is 3.21. The van der Waals surface area contributed by atoms with Gasteiger partial charge in [0.15, 0.2) is 5.03 Å². The molecule has 11 heteroatoms. The highest BCUT2D eigenvalue weighted by Crippen LogP contribution is 2.19. The lowest BCUT2D eigenvalue weighted by molar-refractivity contribution is -0.120. The Kier molecular flexibility index (Phi) is 9.69. The third-order valence-electron chi connectivity index (χ3n) is 4.10. The highest BCUT2D eigenvalue weighted by Gasteiger charge is 2.17. The van der Waals surface area contributed by atoms with E-state index < -0.39 is 28.2 Å². The molecule has 1 amide bonds. The smallest absolute Gasteiger partial charge is 0.342 e. The van der Waals surface area contributed by atoms with Gasteiger partial charge in [0, 0.05) is 0 Å². The Morgan fingerprint density at radius 2 is 2.03 bits per heavy atom. The quantitative estimate of drug-likeness (QED) is 0.148. The van der Waals surface area contributed by atoms with E-state index in [0.29, 0.717) is 17.9 Å². The number of hydrogen-bond acceptors (Lipinski definition) is 8. The molecule has 0 bridgehead atoms. The van der Waals surface area contributed by atoms with Crippen LogP contribution in [0.3, 0.4) is 0 Å². The van der Waals surface area contributed by atoms with Crippen molar-refractivity contribution in [3.05, 3.63) is 50.7 Å². The minimum absolute atomic E-state index is 0.0627. The first-order valence-electron chi connectivity index (χ1n) is 9.87. The molecule has 0 spiro atoms. The molecule has 3 N–H and O–H groups in total. The summed E-state index contributed by atoms with van der Waals surface area (Å²) in [6.07, 6.45) is 5.24. The molecule has 166 valence electrons. The van der Waals surface area contributed by atoms with Gasteiger partial charge in [0.05, 0.1) is 23.6 Å². The second kappa shape index (κ2) is 12.5. The van der Waals surface area contributed by atoms with E-state index in [2.05, 4.69) is 27.6 Å². The van der Waals surface area contributed by atoms with Gasteiger partial charge in [-0.25, -0.2) is 15.3 Å². The van der Waals surface area contributed by atoms with E-state index in [-0.39, 0.29) is 5.03 Å². The summed E-state index contributed by atoms with van der Waals surface area (Å²) in [6.45, 7) is 4.18. The molecule has 1 aromatic carbocycles.